The van der Waals surface area contributed by atoms with Gasteiger partial charge in [-0.1, -0.05) is 12.1 Å². The molecule has 0 aliphatic rings. The van der Waals surface area contributed by atoms with Crippen molar-refractivity contribution in [2.24, 2.45) is 0 Å². The molecule has 0 aliphatic carbocycles. The molecule has 0 spiro atoms. The second kappa shape index (κ2) is 6.39. The van der Waals surface area contributed by atoms with Crippen molar-refractivity contribution in [3.63, 3.8) is 0 Å². The summed E-state index contributed by atoms with van der Waals surface area (Å²) in [5.74, 6) is 0.391. The van der Waals surface area contributed by atoms with E-state index in [4.69, 9.17) is 9.47 Å². The van der Waals surface area contributed by atoms with Gasteiger partial charge in [0.05, 0.1) is 19.8 Å². The molecule has 0 unspecified atom stereocenters. The van der Waals surface area contributed by atoms with E-state index in [1.54, 1.807) is 38.3 Å². The van der Waals surface area contributed by atoms with Crippen LogP contribution in [-0.4, -0.2) is 20.0 Å². The largest absolute Gasteiger partial charge is 0.493 e. The zero-order valence-electron chi connectivity index (χ0n) is 12.3. The Morgan fingerprint density at radius 1 is 1.05 bits per heavy atom. The van der Waals surface area contributed by atoms with Crippen LogP contribution in [0.25, 0.3) is 0 Å². The molecule has 0 bridgehead atoms. The van der Waals surface area contributed by atoms with Crippen molar-refractivity contribution >= 4 is 5.78 Å². The molecule has 0 heterocycles. The minimum absolute atomic E-state index is 0.107. The fourth-order valence-electron chi connectivity index (χ4n) is 2.12. The minimum atomic E-state index is -0.486. The topological polar surface area (TPSA) is 35.5 Å². The van der Waals surface area contributed by atoms with E-state index < -0.39 is 5.82 Å². The van der Waals surface area contributed by atoms with E-state index in [1.807, 2.05) is 0 Å². The first-order chi connectivity index (χ1) is 10.0. The lowest BCUT2D eigenvalue weighted by atomic mass is 10.0. The summed E-state index contributed by atoms with van der Waals surface area (Å²) < 4.78 is 24.1. The highest BCUT2D eigenvalue weighted by Crippen LogP contribution is 2.28. The first-order valence-corrected chi connectivity index (χ1v) is 6.55. The van der Waals surface area contributed by atoms with E-state index in [9.17, 15) is 9.18 Å². The molecule has 2 aromatic rings. The third kappa shape index (κ3) is 3.40. The summed E-state index contributed by atoms with van der Waals surface area (Å²) in [6, 6.07) is 9.83. The Morgan fingerprint density at radius 2 is 1.76 bits per heavy atom. The number of hydrogen-bond donors (Lipinski definition) is 0. The van der Waals surface area contributed by atoms with Gasteiger partial charge in [-0.15, -0.1) is 0 Å². The number of Topliss-reactive ketones (excluding diaryl/α,β-unsaturated/α-hetero) is 1. The summed E-state index contributed by atoms with van der Waals surface area (Å²) in [6.07, 6.45) is 0.111. The van der Waals surface area contributed by atoms with Gasteiger partial charge >= 0.3 is 0 Å². The highest BCUT2D eigenvalue weighted by atomic mass is 19.1. The maximum atomic E-state index is 13.8. The molecule has 0 N–H and O–H groups in total. The first kappa shape index (κ1) is 15.0. The van der Waals surface area contributed by atoms with Crippen LogP contribution >= 0.6 is 0 Å². The van der Waals surface area contributed by atoms with Crippen LogP contribution in [0.1, 0.15) is 21.5 Å². The zero-order chi connectivity index (χ0) is 15.4. The van der Waals surface area contributed by atoms with Gasteiger partial charge in [-0.3, -0.25) is 4.79 Å². The van der Waals surface area contributed by atoms with Gasteiger partial charge in [-0.2, -0.15) is 0 Å². The number of hydrogen-bond acceptors (Lipinski definition) is 3. The van der Waals surface area contributed by atoms with Crippen LogP contribution < -0.4 is 9.47 Å². The van der Waals surface area contributed by atoms with Crippen molar-refractivity contribution in [3.8, 4) is 11.5 Å². The van der Waals surface area contributed by atoms with Crippen molar-refractivity contribution in [2.75, 3.05) is 14.2 Å². The first-order valence-electron chi connectivity index (χ1n) is 6.55. The fourth-order valence-corrected chi connectivity index (χ4v) is 2.12. The molecular formula is C17H17FO3. The van der Waals surface area contributed by atoms with Crippen molar-refractivity contribution in [1.82, 2.24) is 0 Å². The fraction of sp³-hybridized carbons (Fsp3) is 0.235. The average molecular weight is 288 g/mol. The third-order valence-corrected chi connectivity index (χ3v) is 3.24. The van der Waals surface area contributed by atoms with Gasteiger partial charge < -0.3 is 9.47 Å². The third-order valence-electron chi connectivity index (χ3n) is 3.24. The van der Waals surface area contributed by atoms with Gasteiger partial charge in [0, 0.05) is 6.42 Å². The number of halogens is 1. The number of benzene rings is 2. The Kier molecular flexibility index (Phi) is 4.58. The molecule has 0 aliphatic heterocycles. The summed E-state index contributed by atoms with van der Waals surface area (Å²) in [4.78, 5) is 12.2. The molecule has 0 saturated carbocycles. The van der Waals surface area contributed by atoms with Gasteiger partial charge in [0.25, 0.3) is 0 Å². The van der Waals surface area contributed by atoms with E-state index in [-0.39, 0.29) is 17.8 Å². The van der Waals surface area contributed by atoms with Crippen LogP contribution in [0.3, 0.4) is 0 Å². The highest BCUT2D eigenvalue weighted by molar-refractivity contribution is 5.97. The van der Waals surface area contributed by atoms with Crippen LogP contribution in [0.5, 0.6) is 11.5 Å². The second-order valence-electron chi connectivity index (χ2n) is 4.77. The molecule has 0 saturated heterocycles. The number of aryl methyl sites for hydroxylation is 1. The number of carbonyl (C=O) groups excluding carboxylic acids is 1. The average Bonchev–Trinajstić information content (AvgIpc) is 2.46. The quantitative estimate of drug-likeness (QED) is 0.789. The molecule has 2 aromatic carbocycles. The lowest BCUT2D eigenvalue weighted by molar-refractivity contribution is 0.0989. The number of carbonyl (C=O) groups is 1. The van der Waals surface area contributed by atoms with Crippen LogP contribution in [0, 0.1) is 12.7 Å². The molecule has 2 rings (SSSR count). The Bertz CT molecular complexity index is 665. The van der Waals surface area contributed by atoms with E-state index in [1.165, 1.54) is 19.2 Å². The standard InChI is InChI=1S/C17H17FO3/c1-11-4-6-13(14(18)8-11)15(19)9-12-5-7-16(20-2)17(10-12)21-3/h4-8,10H,9H2,1-3H3. The van der Waals surface area contributed by atoms with Crippen LogP contribution in [0.4, 0.5) is 4.39 Å². The molecule has 21 heavy (non-hydrogen) atoms. The zero-order valence-corrected chi connectivity index (χ0v) is 12.3. The van der Waals surface area contributed by atoms with Gasteiger partial charge in [0.15, 0.2) is 17.3 Å². The molecule has 3 nitrogen and oxygen atoms in total. The van der Waals surface area contributed by atoms with Crippen LogP contribution in [-0.2, 0) is 6.42 Å². The maximum absolute atomic E-state index is 13.8. The second-order valence-corrected chi connectivity index (χ2v) is 4.77. The van der Waals surface area contributed by atoms with E-state index >= 15 is 0 Å². The molecule has 4 heteroatoms. The number of methoxy groups -OCH3 is 2. The van der Waals surface area contributed by atoms with E-state index in [0.29, 0.717) is 11.5 Å². The van der Waals surface area contributed by atoms with Gasteiger partial charge in [-0.05, 0) is 42.3 Å². The summed E-state index contributed by atoms with van der Waals surface area (Å²) in [5, 5.41) is 0. The van der Waals surface area contributed by atoms with E-state index in [2.05, 4.69) is 0 Å². The lowest BCUT2D eigenvalue weighted by Crippen LogP contribution is -2.06. The van der Waals surface area contributed by atoms with E-state index in [0.717, 1.165) is 11.1 Å². The number of ether oxygens (including phenoxy) is 2. The normalized spacial score (nSPS) is 10.3. The monoisotopic (exact) mass is 288 g/mol. The van der Waals surface area contributed by atoms with Crippen LogP contribution in [0.2, 0.25) is 0 Å². The van der Waals surface area contributed by atoms with Crippen molar-refractivity contribution < 1.29 is 18.7 Å². The van der Waals surface area contributed by atoms with Crippen molar-refractivity contribution in [1.29, 1.82) is 0 Å². The Balaban J connectivity index is 2.23. The smallest absolute Gasteiger partial charge is 0.170 e. The molecule has 0 amide bonds. The SMILES string of the molecule is COc1ccc(CC(=O)c2ccc(C)cc2F)cc1OC. The Morgan fingerprint density at radius 3 is 2.38 bits per heavy atom. The molecule has 110 valence electrons. The number of ketones is 1. The molecule has 0 atom stereocenters. The molecule has 0 fully saturated rings. The van der Waals surface area contributed by atoms with Crippen molar-refractivity contribution in [2.45, 2.75) is 13.3 Å². The Labute approximate surface area is 123 Å². The summed E-state index contributed by atoms with van der Waals surface area (Å²) in [6.45, 7) is 1.78. The Hall–Kier alpha value is -2.36. The molecule has 0 aromatic heterocycles. The summed E-state index contributed by atoms with van der Waals surface area (Å²) in [5.41, 5.74) is 1.64. The molecule has 0 radical (unpaired) electrons. The predicted molar refractivity (Wildman–Crippen MR) is 78.7 cm³/mol. The summed E-state index contributed by atoms with van der Waals surface area (Å²) >= 11 is 0. The summed E-state index contributed by atoms with van der Waals surface area (Å²) in [7, 11) is 3.08. The van der Waals surface area contributed by atoms with Crippen molar-refractivity contribution in [3.05, 3.63) is 58.9 Å². The van der Waals surface area contributed by atoms with Gasteiger partial charge in [0.1, 0.15) is 5.82 Å². The molecular weight excluding hydrogens is 271 g/mol. The predicted octanol–water partition coefficient (Wildman–Crippen LogP) is 3.58. The maximum Gasteiger partial charge on any atom is 0.170 e. The van der Waals surface area contributed by atoms with Gasteiger partial charge in [0.2, 0.25) is 0 Å². The lowest BCUT2D eigenvalue weighted by Gasteiger charge is -2.09. The van der Waals surface area contributed by atoms with Gasteiger partial charge in [-0.25, -0.2) is 4.39 Å². The van der Waals surface area contributed by atoms with Crippen LogP contribution in [0.15, 0.2) is 36.4 Å². The minimum Gasteiger partial charge on any atom is -0.493 e. The highest BCUT2D eigenvalue weighted by Gasteiger charge is 2.14. The number of rotatable bonds is 5.